The van der Waals surface area contributed by atoms with Crippen LogP contribution in [-0.4, -0.2) is 40.6 Å². The lowest BCUT2D eigenvalue weighted by atomic mass is 10.1. The number of alkyl halides is 2. The number of para-hydroxylation sites is 1. The van der Waals surface area contributed by atoms with Gasteiger partial charge in [-0.25, -0.2) is 13.4 Å². The second-order valence-corrected chi connectivity index (χ2v) is 10.8. The number of halogens is 2. The van der Waals surface area contributed by atoms with Crippen LogP contribution in [0.1, 0.15) is 17.0 Å². The van der Waals surface area contributed by atoms with Crippen LogP contribution in [0.2, 0.25) is 0 Å². The van der Waals surface area contributed by atoms with Gasteiger partial charge in [0.15, 0.2) is 9.84 Å². The predicted molar refractivity (Wildman–Crippen MR) is 136 cm³/mol. The number of ether oxygens (including phenoxy) is 1. The van der Waals surface area contributed by atoms with Gasteiger partial charge in [-0.05, 0) is 41.5 Å². The fraction of sp³-hybridized carbons (Fsp3) is 0.185. The van der Waals surface area contributed by atoms with Gasteiger partial charge in [0, 0.05) is 37.0 Å². The molecule has 0 atom stereocenters. The molecule has 2 heterocycles. The minimum Gasteiger partial charge on any atom is -0.434 e. The largest absolute Gasteiger partial charge is 0.434 e. The lowest BCUT2D eigenvalue weighted by Gasteiger charge is -2.14. The summed E-state index contributed by atoms with van der Waals surface area (Å²) in [6, 6.07) is 19.3. The topological polar surface area (TPSA) is 79.0 Å². The number of rotatable bonds is 8. The Morgan fingerprint density at radius 3 is 2.43 bits per heavy atom. The maximum atomic E-state index is 13.1. The SMILES string of the molecule is Cn1cc(-c2ccc3nc(Cc4ccc(S(C)(=O)=O)cc4)n(Cc4ccccc4OC(F)F)c3c2)cn1. The molecule has 0 spiro atoms. The average molecular weight is 523 g/mol. The highest BCUT2D eigenvalue weighted by molar-refractivity contribution is 7.90. The van der Waals surface area contributed by atoms with E-state index in [-0.39, 0.29) is 17.2 Å². The smallest absolute Gasteiger partial charge is 0.387 e. The van der Waals surface area contributed by atoms with E-state index in [1.807, 2.05) is 36.0 Å². The first-order valence-electron chi connectivity index (χ1n) is 11.5. The molecule has 0 aliphatic carbocycles. The van der Waals surface area contributed by atoms with Crippen LogP contribution < -0.4 is 4.74 Å². The molecule has 3 aromatic carbocycles. The molecule has 2 aromatic heterocycles. The molecule has 0 aliphatic heterocycles. The minimum atomic E-state index is -3.31. The highest BCUT2D eigenvalue weighted by Crippen LogP contribution is 2.29. The number of aryl methyl sites for hydroxylation is 1. The van der Waals surface area contributed by atoms with Crippen LogP contribution in [0.25, 0.3) is 22.2 Å². The quantitative estimate of drug-likeness (QED) is 0.284. The van der Waals surface area contributed by atoms with Crippen LogP contribution >= 0.6 is 0 Å². The third-order valence-electron chi connectivity index (χ3n) is 6.10. The Balaban J connectivity index is 1.60. The maximum absolute atomic E-state index is 13.1. The van der Waals surface area contributed by atoms with Crippen LogP contribution in [0.4, 0.5) is 8.78 Å². The molecule has 0 bridgehead atoms. The van der Waals surface area contributed by atoms with Crippen molar-refractivity contribution in [3.63, 3.8) is 0 Å². The van der Waals surface area contributed by atoms with Crippen molar-refractivity contribution in [1.82, 2.24) is 19.3 Å². The van der Waals surface area contributed by atoms with E-state index < -0.39 is 16.4 Å². The molecule has 0 unspecified atom stereocenters. The monoisotopic (exact) mass is 522 g/mol. The standard InChI is InChI=1S/C27H24F2N4O3S/c1-32-16-21(15-30-32)19-9-12-23-24(14-19)33(17-20-5-3-4-6-25(20)36-27(28)29)26(31-23)13-18-7-10-22(11-8-18)37(2,34)35/h3-12,14-16,27H,13,17H2,1-2H3. The molecule has 0 aliphatic rings. The Morgan fingerprint density at radius 1 is 1.00 bits per heavy atom. The molecule has 0 amide bonds. The summed E-state index contributed by atoms with van der Waals surface area (Å²) in [5.74, 6) is 0.809. The molecular formula is C27H24F2N4O3S. The molecule has 0 radical (unpaired) electrons. The summed E-state index contributed by atoms with van der Waals surface area (Å²) in [6.45, 7) is -2.68. The van der Waals surface area contributed by atoms with Gasteiger partial charge in [0.2, 0.25) is 0 Å². The van der Waals surface area contributed by atoms with Gasteiger partial charge in [-0.2, -0.15) is 13.9 Å². The Kier molecular flexibility index (Phi) is 6.51. The average Bonchev–Trinajstić information content (AvgIpc) is 3.43. The number of nitrogens with zero attached hydrogens (tertiary/aromatic N) is 4. The zero-order valence-corrected chi connectivity index (χ0v) is 21.0. The van der Waals surface area contributed by atoms with Gasteiger partial charge in [-0.1, -0.05) is 36.4 Å². The zero-order chi connectivity index (χ0) is 26.2. The second kappa shape index (κ2) is 9.78. The molecule has 0 saturated heterocycles. The van der Waals surface area contributed by atoms with Gasteiger partial charge >= 0.3 is 6.61 Å². The third kappa shape index (κ3) is 5.39. The van der Waals surface area contributed by atoms with Crippen molar-refractivity contribution < 1.29 is 21.9 Å². The van der Waals surface area contributed by atoms with E-state index in [4.69, 9.17) is 9.72 Å². The lowest BCUT2D eigenvalue weighted by molar-refractivity contribution is -0.0504. The van der Waals surface area contributed by atoms with Gasteiger partial charge in [0.25, 0.3) is 0 Å². The van der Waals surface area contributed by atoms with E-state index in [1.54, 1.807) is 53.3 Å². The van der Waals surface area contributed by atoms with E-state index in [9.17, 15) is 17.2 Å². The van der Waals surface area contributed by atoms with Gasteiger partial charge in [0.05, 0.1) is 28.7 Å². The Bertz CT molecular complexity index is 1680. The van der Waals surface area contributed by atoms with E-state index >= 15 is 0 Å². The molecule has 0 fully saturated rings. The summed E-state index contributed by atoms with van der Waals surface area (Å²) < 4.78 is 58.3. The number of fused-ring (bicyclic) bond motifs is 1. The number of sulfone groups is 1. The molecule has 7 nitrogen and oxygen atoms in total. The Labute approximate surface area is 212 Å². The first-order valence-corrected chi connectivity index (χ1v) is 13.4. The van der Waals surface area contributed by atoms with Crippen LogP contribution in [0.3, 0.4) is 0 Å². The third-order valence-corrected chi connectivity index (χ3v) is 7.22. The van der Waals surface area contributed by atoms with Crippen molar-refractivity contribution in [3.05, 3.63) is 96.1 Å². The highest BCUT2D eigenvalue weighted by Gasteiger charge is 2.17. The van der Waals surface area contributed by atoms with E-state index in [0.717, 1.165) is 27.7 Å². The normalized spacial score (nSPS) is 11.9. The fourth-order valence-corrected chi connectivity index (χ4v) is 4.92. The maximum Gasteiger partial charge on any atom is 0.387 e. The minimum absolute atomic E-state index is 0.103. The molecule has 0 N–H and O–H groups in total. The van der Waals surface area contributed by atoms with Crippen molar-refractivity contribution in [1.29, 1.82) is 0 Å². The van der Waals surface area contributed by atoms with Crippen molar-refractivity contribution in [2.75, 3.05) is 6.26 Å². The highest BCUT2D eigenvalue weighted by atomic mass is 32.2. The second-order valence-electron chi connectivity index (χ2n) is 8.80. The van der Waals surface area contributed by atoms with Crippen LogP contribution in [0.15, 0.2) is 84.0 Å². The number of hydrogen-bond donors (Lipinski definition) is 0. The molecule has 190 valence electrons. The van der Waals surface area contributed by atoms with Gasteiger partial charge < -0.3 is 9.30 Å². The van der Waals surface area contributed by atoms with Gasteiger partial charge in [0.1, 0.15) is 11.6 Å². The number of imidazole rings is 1. The summed E-state index contributed by atoms with van der Waals surface area (Å²) in [4.78, 5) is 5.08. The molecule has 37 heavy (non-hydrogen) atoms. The van der Waals surface area contributed by atoms with Crippen molar-refractivity contribution >= 4 is 20.9 Å². The van der Waals surface area contributed by atoms with Gasteiger partial charge in [-0.3, -0.25) is 4.68 Å². The summed E-state index contributed by atoms with van der Waals surface area (Å²) in [7, 11) is -1.46. The molecule has 5 aromatic rings. The summed E-state index contributed by atoms with van der Waals surface area (Å²) >= 11 is 0. The zero-order valence-electron chi connectivity index (χ0n) is 20.2. The number of benzene rings is 3. The van der Waals surface area contributed by atoms with Crippen LogP contribution in [0.5, 0.6) is 5.75 Å². The molecular weight excluding hydrogens is 498 g/mol. The molecule has 5 rings (SSSR count). The van der Waals surface area contributed by atoms with Crippen molar-refractivity contribution in [2.45, 2.75) is 24.5 Å². The molecule has 10 heteroatoms. The summed E-state index contributed by atoms with van der Waals surface area (Å²) in [6.07, 6.45) is 5.27. The Hall–Kier alpha value is -4.05. The first kappa shape index (κ1) is 24.6. The predicted octanol–water partition coefficient (Wildman–Crippen LogP) is 5.08. The van der Waals surface area contributed by atoms with Crippen LogP contribution in [-0.2, 0) is 29.9 Å². The van der Waals surface area contributed by atoms with E-state index in [2.05, 4.69) is 5.10 Å². The lowest BCUT2D eigenvalue weighted by Crippen LogP contribution is -2.10. The van der Waals surface area contributed by atoms with Crippen LogP contribution in [0, 0.1) is 0 Å². The first-order chi connectivity index (χ1) is 17.7. The van der Waals surface area contributed by atoms with E-state index in [1.165, 1.54) is 12.3 Å². The summed E-state index contributed by atoms with van der Waals surface area (Å²) in [5, 5.41) is 4.25. The number of hydrogen-bond acceptors (Lipinski definition) is 5. The van der Waals surface area contributed by atoms with Crippen molar-refractivity contribution in [3.8, 4) is 16.9 Å². The molecule has 0 saturated carbocycles. The fourth-order valence-electron chi connectivity index (χ4n) is 4.29. The van der Waals surface area contributed by atoms with Gasteiger partial charge in [-0.15, -0.1) is 0 Å². The van der Waals surface area contributed by atoms with E-state index in [0.29, 0.717) is 17.8 Å². The number of aromatic nitrogens is 4. The van der Waals surface area contributed by atoms with Crippen molar-refractivity contribution in [2.24, 2.45) is 7.05 Å². The Morgan fingerprint density at radius 2 is 1.76 bits per heavy atom. The summed E-state index contributed by atoms with van der Waals surface area (Å²) in [5.41, 5.74) is 4.93.